The van der Waals surface area contributed by atoms with E-state index in [0.717, 1.165) is 28.5 Å². The molecule has 0 spiro atoms. The first-order chi connectivity index (χ1) is 13.9. The Hall–Kier alpha value is -3.47. The van der Waals surface area contributed by atoms with Crippen molar-refractivity contribution in [2.24, 2.45) is 0 Å². The molecule has 3 aromatic rings. The fraction of sp³-hybridized carbons (Fsp3) is 0.111. The third kappa shape index (κ3) is 3.90. The first-order valence-electron chi connectivity index (χ1n) is 8.21. The Kier molecular flexibility index (Phi) is 5.78. The van der Waals surface area contributed by atoms with Crippen LogP contribution in [0.15, 0.2) is 41.8 Å². The van der Waals surface area contributed by atoms with E-state index in [4.69, 9.17) is 16.6 Å². The lowest BCUT2D eigenvalue weighted by Gasteiger charge is -2.17. The first-order valence-corrected chi connectivity index (χ1v) is 9.53. The second-order valence-electron chi connectivity index (χ2n) is 6.05. The molecule has 0 saturated heterocycles. The highest BCUT2D eigenvalue weighted by Gasteiger charge is 2.23. The highest BCUT2D eigenvalue weighted by molar-refractivity contribution is 7.84. The Morgan fingerprint density at radius 3 is 2.79 bits per heavy atom. The summed E-state index contributed by atoms with van der Waals surface area (Å²) >= 11 is 0. The second kappa shape index (κ2) is 8.27. The van der Waals surface area contributed by atoms with Gasteiger partial charge in [0.2, 0.25) is 5.16 Å². The van der Waals surface area contributed by atoms with Gasteiger partial charge in [-0.1, -0.05) is 12.1 Å². The van der Waals surface area contributed by atoms with Gasteiger partial charge in [0.25, 0.3) is 0 Å². The molecule has 2 aromatic heterocycles. The average molecular weight is 418 g/mol. The van der Waals surface area contributed by atoms with Crippen molar-refractivity contribution in [2.75, 3.05) is 5.73 Å². The summed E-state index contributed by atoms with van der Waals surface area (Å²) in [6, 6.07) is 5.16. The van der Waals surface area contributed by atoms with Crippen LogP contribution in [-0.4, -0.2) is 25.0 Å². The number of rotatable bonds is 6. The number of aryl methyl sites for hydroxylation is 1. The minimum atomic E-state index is -1.91. The summed E-state index contributed by atoms with van der Waals surface area (Å²) in [6.07, 6.45) is 3.91. The summed E-state index contributed by atoms with van der Waals surface area (Å²) in [4.78, 5) is 11.8. The number of nitrogens with one attached hydrogen (secondary N) is 2. The van der Waals surface area contributed by atoms with Gasteiger partial charge in [0.05, 0.1) is 22.1 Å². The monoisotopic (exact) mass is 418 g/mol. The molecule has 0 aliphatic heterocycles. The van der Waals surface area contributed by atoms with Crippen molar-refractivity contribution >= 4 is 22.8 Å². The van der Waals surface area contributed by atoms with Crippen molar-refractivity contribution in [3.05, 3.63) is 64.7 Å². The van der Waals surface area contributed by atoms with Crippen LogP contribution in [0, 0.1) is 23.6 Å². The van der Waals surface area contributed by atoms with Gasteiger partial charge < -0.3 is 11.1 Å². The SMILES string of the molecule is Cc1cncc(CS(=O)c2nc(N)c(C=N)c(=N)n2-c2c(F)cccc2OF)c1. The molecule has 1 aromatic carbocycles. The highest BCUT2D eigenvalue weighted by Crippen LogP contribution is 2.28. The summed E-state index contributed by atoms with van der Waals surface area (Å²) in [5.41, 5.74) is 6.14. The number of hydrogen-bond donors (Lipinski definition) is 3. The third-order valence-electron chi connectivity index (χ3n) is 4.00. The summed E-state index contributed by atoms with van der Waals surface area (Å²) in [5.74, 6) is -1.76. The topological polar surface area (TPSA) is 131 Å². The number of benzene rings is 1. The molecule has 0 aliphatic rings. The van der Waals surface area contributed by atoms with Gasteiger partial charge in [0, 0.05) is 23.1 Å². The average Bonchev–Trinajstić information content (AvgIpc) is 2.68. The van der Waals surface area contributed by atoms with E-state index in [1.54, 1.807) is 12.3 Å². The number of nitrogens with zero attached hydrogens (tertiary/aromatic N) is 3. The van der Waals surface area contributed by atoms with E-state index in [2.05, 4.69) is 14.9 Å². The largest absolute Gasteiger partial charge is 0.383 e. The van der Waals surface area contributed by atoms with E-state index < -0.39 is 33.5 Å². The smallest absolute Gasteiger partial charge is 0.207 e. The summed E-state index contributed by atoms with van der Waals surface area (Å²) in [7, 11) is -1.91. The molecule has 0 radical (unpaired) electrons. The summed E-state index contributed by atoms with van der Waals surface area (Å²) in [6.45, 7) is 1.82. The Labute approximate surface area is 166 Å². The van der Waals surface area contributed by atoms with Crippen molar-refractivity contribution in [2.45, 2.75) is 17.8 Å². The molecule has 8 nitrogen and oxygen atoms in total. The molecular formula is C18H16F2N6O2S. The minimum absolute atomic E-state index is 0.0508. The number of hydrogen-bond acceptors (Lipinski definition) is 7. The standard InChI is InChI=1S/C18H16F2N6O2S/c1-10-5-11(8-24-7-10)9-29(27)18-25-16(22)12(6-21)17(23)26(18)15-13(19)3-2-4-14(15)28-20/h2-8,21,23H,9,22H2,1H3. The van der Waals surface area contributed by atoms with Crippen molar-refractivity contribution in [1.82, 2.24) is 14.5 Å². The molecule has 1 unspecified atom stereocenters. The molecule has 0 fully saturated rings. The fourth-order valence-corrected chi connectivity index (χ4v) is 3.92. The third-order valence-corrected chi connectivity index (χ3v) is 5.27. The Balaban J connectivity index is 2.27. The highest BCUT2D eigenvalue weighted by atomic mass is 32.2. The van der Waals surface area contributed by atoms with Gasteiger partial charge in [-0.15, -0.1) is 0 Å². The number of pyridine rings is 1. The van der Waals surface area contributed by atoms with E-state index in [1.807, 2.05) is 6.92 Å². The van der Waals surface area contributed by atoms with Gasteiger partial charge in [-0.05, 0) is 30.2 Å². The predicted octanol–water partition coefficient (Wildman–Crippen LogP) is 2.35. The van der Waals surface area contributed by atoms with Crippen molar-refractivity contribution in [3.63, 3.8) is 0 Å². The number of nitrogen functional groups attached to an aromatic ring is 1. The van der Waals surface area contributed by atoms with Crippen LogP contribution in [-0.2, 0) is 16.6 Å². The quantitative estimate of drug-likeness (QED) is 0.418. The number of anilines is 1. The van der Waals surface area contributed by atoms with Crippen LogP contribution in [0.3, 0.4) is 0 Å². The lowest BCUT2D eigenvalue weighted by atomic mass is 10.2. The number of nitrogens with two attached hydrogens (primary N) is 1. The lowest BCUT2D eigenvalue weighted by molar-refractivity contribution is -0.00671. The second-order valence-corrected chi connectivity index (χ2v) is 7.39. The number of para-hydroxylation sites is 1. The van der Waals surface area contributed by atoms with Gasteiger partial charge >= 0.3 is 0 Å². The summed E-state index contributed by atoms with van der Waals surface area (Å²) < 4.78 is 41.6. The van der Waals surface area contributed by atoms with Crippen LogP contribution < -0.4 is 16.2 Å². The first kappa shape index (κ1) is 20.3. The Morgan fingerprint density at radius 2 is 2.14 bits per heavy atom. The Bertz CT molecular complexity index is 1180. The zero-order chi connectivity index (χ0) is 21.1. The van der Waals surface area contributed by atoms with Gasteiger partial charge in [0.15, 0.2) is 11.6 Å². The van der Waals surface area contributed by atoms with E-state index in [9.17, 15) is 13.1 Å². The van der Waals surface area contributed by atoms with Crippen LogP contribution in [0.5, 0.6) is 5.75 Å². The Morgan fingerprint density at radius 1 is 1.38 bits per heavy atom. The van der Waals surface area contributed by atoms with Gasteiger partial charge in [-0.2, -0.15) is 0 Å². The maximum atomic E-state index is 14.6. The van der Waals surface area contributed by atoms with E-state index >= 15 is 0 Å². The zero-order valence-electron chi connectivity index (χ0n) is 15.1. The molecule has 2 heterocycles. The molecule has 29 heavy (non-hydrogen) atoms. The maximum Gasteiger partial charge on any atom is 0.207 e. The predicted molar refractivity (Wildman–Crippen MR) is 102 cm³/mol. The van der Waals surface area contributed by atoms with Gasteiger partial charge in [-0.3, -0.25) is 24.1 Å². The number of aromatic nitrogens is 3. The van der Waals surface area contributed by atoms with Gasteiger partial charge in [-0.25, -0.2) is 9.37 Å². The molecule has 0 saturated carbocycles. The molecule has 4 N–H and O–H groups in total. The molecule has 0 aliphatic carbocycles. The molecule has 11 heteroatoms. The minimum Gasteiger partial charge on any atom is -0.383 e. The molecular weight excluding hydrogens is 402 g/mol. The normalized spacial score (nSPS) is 11.8. The van der Waals surface area contributed by atoms with E-state index in [-0.39, 0.29) is 22.3 Å². The molecule has 150 valence electrons. The van der Waals surface area contributed by atoms with Crippen molar-refractivity contribution in [3.8, 4) is 11.4 Å². The van der Waals surface area contributed by atoms with Crippen LogP contribution in [0.1, 0.15) is 16.7 Å². The van der Waals surface area contributed by atoms with Crippen LogP contribution in [0.25, 0.3) is 5.69 Å². The van der Waals surface area contributed by atoms with Gasteiger partial charge in [0.1, 0.15) is 17.0 Å². The van der Waals surface area contributed by atoms with Crippen LogP contribution in [0.2, 0.25) is 0 Å². The summed E-state index contributed by atoms with van der Waals surface area (Å²) in [5, 5.41) is 15.5. The van der Waals surface area contributed by atoms with Crippen LogP contribution >= 0.6 is 0 Å². The van der Waals surface area contributed by atoms with Crippen molar-refractivity contribution < 1.29 is 18.1 Å². The molecule has 1 atom stereocenters. The number of halogens is 2. The van der Waals surface area contributed by atoms with Crippen LogP contribution in [0.4, 0.5) is 14.7 Å². The maximum absolute atomic E-state index is 14.6. The molecule has 3 rings (SSSR count). The zero-order valence-corrected chi connectivity index (χ0v) is 16.0. The molecule has 0 bridgehead atoms. The fourth-order valence-electron chi connectivity index (χ4n) is 2.74. The van der Waals surface area contributed by atoms with E-state index in [0.29, 0.717) is 5.56 Å². The van der Waals surface area contributed by atoms with Crippen molar-refractivity contribution in [1.29, 1.82) is 10.8 Å². The lowest BCUT2D eigenvalue weighted by Crippen LogP contribution is -2.30. The molecule has 0 amide bonds. The van der Waals surface area contributed by atoms with E-state index in [1.165, 1.54) is 12.3 Å².